The number of rotatable bonds is 3. The zero-order valence-electron chi connectivity index (χ0n) is 11.9. The summed E-state index contributed by atoms with van der Waals surface area (Å²) in [4.78, 5) is 21.5. The maximum Gasteiger partial charge on any atom is 0.252 e. The molecular formula is C15H19N3OS. The first-order chi connectivity index (χ1) is 9.74. The van der Waals surface area contributed by atoms with Crippen LogP contribution in [0.5, 0.6) is 0 Å². The molecule has 0 spiro atoms. The molecule has 0 N–H and O–H groups in total. The lowest BCUT2D eigenvalue weighted by Crippen LogP contribution is -2.25. The Morgan fingerprint density at radius 2 is 2.15 bits per heavy atom. The van der Waals surface area contributed by atoms with Crippen LogP contribution in [-0.2, 0) is 6.42 Å². The van der Waals surface area contributed by atoms with Gasteiger partial charge in [0.15, 0.2) is 5.16 Å². The highest BCUT2D eigenvalue weighted by Gasteiger charge is 2.21. The van der Waals surface area contributed by atoms with Crippen molar-refractivity contribution in [2.24, 2.45) is 0 Å². The Bertz CT molecular complexity index is 689. The van der Waals surface area contributed by atoms with Crippen molar-refractivity contribution in [3.05, 3.63) is 28.2 Å². The van der Waals surface area contributed by atoms with E-state index < -0.39 is 0 Å². The van der Waals surface area contributed by atoms with Gasteiger partial charge in [0.05, 0.1) is 0 Å². The number of hydrogen-bond acceptors (Lipinski definition) is 4. The van der Waals surface area contributed by atoms with Crippen LogP contribution >= 0.6 is 11.8 Å². The summed E-state index contributed by atoms with van der Waals surface area (Å²) in [6.45, 7) is 2.07. The van der Waals surface area contributed by atoms with Crippen LogP contribution in [0.15, 0.2) is 22.2 Å². The fourth-order valence-corrected chi connectivity index (χ4v) is 3.41. The molecule has 1 aliphatic carbocycles. The van der Waals surface area contributed by atoms with Crippen molar-refractivity contribution in [2.75, 3.05) is 6.26 Å². The molecule has 0 aliphatic heterocycles. The highest BCUT2D eigenvalue weighted by atomic mass is 32.2. The molecule has 0 atom stereocenters. The van der Waals surface area contributed by atoms with E-state index in [9.17, 15) is 4.79 Å². The molecule has 1 fully saturated rings. The summed E-state index contributed by atoms with van der Waals surface area (Å²) in [6.07, 6.45) is 9.24. The van der Waals surface area contributed by atoms with Crippen molar-refractivity contribution >= 4 is 22.8 Å². The van der Waals surface area contributed by atoms with Crippen molar-refractivity contribution in [3.8, 4) is 0 Å². The standard InChI is InChI=1S/C15H19N3OS/c1-3-10-8-13(19)18(11-6-4-5-7-11)14-12(10)9-16-15(17-14)20-2/h8-9,11H,3-7H2,1-2H3. The summed E-state index contributed by atoms with van der Waals surface area (Å²) in [7, 11) is 0. The Morgan fingerprint density at radius 1 is 1.40 bits per heavy atom. The van der Waals surface area contributed by atoms with Gasteiger partial charge in [-0.2, -0.15) is 0 Å². The Labute approximate surface area is 122 Å². The van der Waals surface area contributed by atoms with E-state index >= 15 is 0 Å². The first-order valence-electron chi connectivity index (χ1n) is 7.19. The second kappa shape index (κ2) is 5.56. The predicted octanol–water partition coefficient (Wildman–Crippen LogP) is 3.19. The minimum Gasteiger partial charge on any atom is -0.289 e. The smallest absolute Gasteiger partial charge is 0.252 e. The number of thioether (sulfide) groups is 1. The Balaban J connectivity index is 2.31. The van der Waals surface area contributed by atoms with Gasteiger partial charge in [-0.1, -0.05) is 31.5 Å². The maximum atomic E-state index is 12.5. The summed E-state index contributed by atoms with van der Waals surface area (Å²) in [5, 5.41) is 1.76. The number of nitrogens with zero attached hydrogens (tertiary/aromatic N) is 3. The molecule has 106 valence electrons. The third-order valence-corrected chi connectivity index (χ3v) is 4.67. The highest BCUT2D eigenvalue weighted by Crippen LogP contribution is 2.31. The molecule has 0 aromatic carbocycles. The van der Waals surface area contributed by atoms with Crippen LogP contribution in [0.2, 0.25) is 0 Å². The van der Waals surface area contributed by atoms with E-state index in [1.54, 1.807) is 6.07 Å². The molecule has 1 aliphatic rings. The minimum atomic E-state index is 0.0898. The lowest BCUT2D eigenvalue weighted by atomic mass is 10.1. The van der Waals surface area contributed by atoms with Gasteiger partial charge in [-0.25, -0.2) is 9.97 Å². The number of aryl methyl sites for hydroxylation is 1. The number of hydrogen-bond donors (Lipinski definition) is 0. The summed E-state index contributed by atoms with van der Waals surface area (Å²) in [5.74, 6) is 0. The third kappa shape index (κ3) is 2.24. The van der Waals surface area contributed by atoms with Gasteiger partial charge in [-0.3, -0.25) is 9.36 Å². The number of fused-ring (bicyclic) bond motifs is 1. The number of aromatic nitrogens is 3. The van der Waals surface area contributed by atoms with E-state index in [4.69, 9.17) is 0 Å². The molecule has 0 amide bonds. The molecule has 1 saturated carbocycles. The summed E-state index contributed by atoms with van der Waals surface area (Å²) < 4.78 is 1.91. The molecule has 0 radical (unpaired) electrons. The Hall–Kier alpha value is -1.36. The Kier molecular flexibility index (Phi) is 3.78. The first kappa shape index (κ1) is 13.6. The van der Waals surface area contributed by atoms with Crippen LogP contribution in [-0.4, -0.2) is 20.8 Å². The van der Waals surface area contributed by atoms with Gasteiger partial charge in [0.2, 0.25) is 0 Å². The molecule has 2 heterocycles. The van der Waals surface area contributed by atoms with Crippen LogP contribution in [0.1, 0.15) is 44.2 Å². The van der Waals surface area contributed by atoms with Gasteiger partial charge >= 0.3 is 0 Å². The van der Waals surface area contributed by atoms with Gasteiger partial charge in [0.1, 0.15) is 5.65 Å². The zero-order valence-corrected chi connectivity index (χ0v) is 12.7. The summed E-state index contributed by atoms with van der Waals surface area (Å²) in [6, 6.07) is 2.07. The van der Waals surface area contributed by atoms with Crippen LogP contribution in [0.25, 0.3) is 11.0 Å². The molecule has 20 heavy (non-hydrogen) atoms. The molecule has 0 saturated heterocycles. The average molecular weight is 289 g/mol. The molecule has 3 rings (SSSR count). The third-order valence-electron chi connectivity index (χ3n) is 4.11. The van der Waals surface area contributed by atoms with E-state index in [1.165, 1.54) is 24.6 Å². The van der Waals surface area contributed by atoms with Crippen molar-refractivity contribution in [1.29, 1.82) is 0 Å². The van der Waals surface area contributed by atoms with E-state index in [0.29, 0.717) is 6.04 Å². The lowest BCUT2D eigenvalue weighted by molar-refractivity contribution is 0.514. The van der Waals surface area contributed by atoms with Gasteiger partial charge < -0.3 is 0 Å². The first-order valence-corrected chi connectivity index (χ1v) is 8.42. The maximum absolute atomic E-state index is 12.5. The van der Waals surface area contributed by atoms with Crippen LogP contribution in [0.3, 0.4) is 0 Å². The second-order valence-electron chi connectivity index (χ2n) is 5.26. The molecule has 5 heteroatoms. The largest absolute Gasteiger partial charge is 0.289 e. The molecular weight excluding hydrogens is 270 g/mol. The second-order valence-corrected chi connectivity index (χ2v) is 6.04. The van der Waals surface area contributed by atoms with E-state index in [-0.39, 0.29) is 5.56 Å². The molecule has 2 aromatic rings. The fraction of sp³-hybridized carbons (Fsp3) is 0.533. The topological polar surface area (TPSA) is 47.8 Å². The monoisotopic (exact) mass is 289 g/mol. The number of pyridine rings is 1. The summed E-state index contributed by atoms with van der Waals surface area (Å²) in [5.41, 5.74) is 1.96. The van der Waals surface area contributed by atoms with Gasteiger partial charge in [-0.05, 0) is 31.1 Å². The van der Waals surface area contributed by atoms with Crippen molar-refractivity contribution < 1.29 is 0 Å². The molecule has 4 nitrogen and oxygen atoms in total. The van der Waals surface area contributed by atoms with Gasteiger partial charge in [0.25, 0.3) is 5.56 Å². The molecule has 0 bridgehead atoms. The molecule has 2 aromatic heterocycles. The minimum absolute atomic E-state index is 0.0898. The zero-order chi connectivity index (χ0) is 14.1. The van der Waals surface area contributed by atoms with Crippen molar-refractivity contribution in [2.45, 2.75) is 50.2 Å². The normalized spacial score (nSPS) is 16.1. The SMILES string of the molecule is CCc1cc(=O)n(C2CCCC2)c2nc(SC)ncc12. The lowest BCUT2D eigenvalue weighted by Gasteiger charge is -2.17. The highest BCUT2D eigenvalue weighted by molar-refractivity contribution is 7.98. The Morgan fingerprint density at radius 3 is 2.80 bits per heavy atom. The van der Waals surface area contributed by atoms with Gasteiger partial charge in [-0.15, -0.1) is 0 Å². The average Bonchev–Trinajstić information content (AvgIpc) is 2.99. The van der Waals surface area contributed by atoms with E-state index in [1.807, 2.05) is 17.0 Å². The van der Waals surface area contributed by atoms with Crippen molar-refractivity contribution in [1.82, 2.24) is 14.5 Å². The van der Waals surface area contributed by atoms with Crippen LogP contribution < -0.4 is 5.56 Å². The predicted molar refractivity (Wildman–Crippen MR) is 82.5 cm³/mol. The van der Waals surface area contributed by atoms with Crippen LogP contribution in [0, 0.1) is 0 Å². The fourth-order valence-electron chi connectivity index (χ4n) is 3.07. The molecule has 0 unspecified atom stereocenters. The van der Waals surface area contributed by atoms with E-state index in [2.05, 4.69) is 16.9 Å². The quantitative estimate of drug-likeness (QED) is 0.643. The van der Waals surface area contributed by atoms with E-state index in [0.717, 1.165) is 41.0 Å². The summed E-state index contributed by atoms with van der Waals surface area (Å²) >= 11 is 1.52. The van der Waals surface area contributed by atoms with Crippen LogP contribution in [0.4, 0.5) is 0 Å². The van der Waals surface area contributed by atoms with Crippen molar-refractivity contribution in [3.63, 3.8) is 0 Å². The van der Waals surface area contributed by atoms with Gasteiger partial charge in [0, 0.05) is 23.7 Å².